The number of amides is 1. The molecule has 0 atom stereocenters. The van der Waals surface area contributed by atoms with Crippen LogP contribution in [-0.2, 0) is 0 Å². The Morgan fingerprint density at radius 1 is 1.32 bits per heavy atom. The van der Waals surface area contributed by atoms with Crippen LogP contribution in [-0.4, -0.2) is 22.4 Å². The summed E-state index contributed by atoms with van der Waals surface area (Å²) in [7, 11) is 0. The van der Waals surface area contributed by atoms with Crippen LogP contribution in [0.4, 0.5) is 11.6 Å². The number of halogens is 1. The Labute approximate surface area is 135 Å². The number of benzene rings is 1. The molecular formula is C16H19ClN4O. The molecule has 5 nitrogen and oxygen atoms in total. The average molecular weight is 319 g/mol. The molecular weight excluding hydrogens is 300 g/mol. The van der Waals surface area contributed by atoms with Crippen molar-refractivity contribution in [2.45, 2.75) is 20.3 Å². The Morgan fingerprint density at radius 2 is 2.14 bits per heavy atom. The largest absolute Gasteiger partial charge is 0.354 e. The molecule has 0 aliphatic rings. The summed E-state index contributed by atoms with van der Waals surface area (Å²) in [6.45, 7) is 5.08. The number of anilines is 2. The van der Waals surface area contributed by atoms with Crippen LogP contribution < -0.4 is 10.6 Å². The van der Waals surface area contributed by atoms with Gasteiger partial charge in [0.15, 0.2) is 0 Å². The molecule has 2 rings (SSSR count). The van der Waals surface area contributed by atoms with Gasteiger partial charge in [-0.15, -0.1) is 0 Å². The maximum absolute atomic E-state index is 12.2. The molecule has 0 aliphatic heterocycles. The first-order valence-electron chi connectivity index (χ1n) is 7.18. The predicted octanol–water partition coefficient (Wildman–Crippen LogP) is 3.84. The Morgan fingerprint density at radius 3 is 2.86 bits per heavy atom. The van der Waals surface area contributed by atoms with Crippen LogP contribution in [0.15, 0.2) is 36.5 Å². The smallest absolute Gasteiger partial charge is 0.274 e. The number of hydrogen-bond acceptors (Lipinski definition) is 4. The van der Waals surface area contributed by atoms with E-state index >= 15 is 0 Å². The fourth-order valence-electron chi connectivity index (χ4n) is 1.80. The molecule has 2 aromatic rings. The standard InChI is InChI=1S/C16H19ClN4O/c1-11(2)6-8-18-16-19-9-7-14(21-16)15(22)20-13-5-3-4-12(17)10-13/h3-5,7,9-11H,6,8H2,1-2H3,(H,20,22)(H,18,19,21). The van der Waals surface area contributed by atoms with Crippen LogP contribution >= 0.6 is 11.6 Å². The highest BCUT2D eigenvalue weighted by molar-refractivity contribution is 6.30. The number of nitrogens with one attached hydrogen (secondary N) is 2. The number of aromatic nitrogens is 2. The van der Waals surface area contributed by atoms with Gasteiger partial charge in [-0.25, -0.2) is 9.97 Å². The van der Waals surface area contributed by atoms with Crippen LogP contribution in [0.3, 0.4) is 0 Å². The van der Waals surface area contributed by atoms with Crippen molar-refractivity contribution in [3.05, 3.63) is 47.2 Å². The van der Waals surface area contributed by atoms with Gasteiger partial charge in [-0.2, -0.15) is 0 Å². The topological polar surface area (TPSA) is 66.9 Å². The van der Waals surface area contributed by atoms with Crippen LogP contribution in [0.25, 0.3) is 0 Å². The molecule has 2 N–H and O–H groups in total. The summed E-state index contributed by atoms with van der Waals surface area (Å²) in [6.07, 6.45) is 2.58. The van der Waals surface area contributed by atoms with Gasteiger partial charge < -0.3 is 10.6 Å². The van der Waals surface area contributed by atoms with Gasteiger partial charge in [0.05, 0.1) is 0 Å². The van der Waals surface area contributed by atoms with Gasteiger partial charge in [0.25, 0.3) is 5.91 Å². The van der Waals surface area contributed by atoms with E-state index in [1.54, 1.807) is 36.5 Å². The van der Waals surface area contributed by atoms with Crippen molar-refractivity contribution < 1.29 is 4.79 Å². The minimum atomic E-state index is -0.295. The Hall–Kier alpha value is -2.14. The normalized spacial score (nSPS) is 10.5. The maximum atomic E-state index is 12.2. The molecule has 0 unspecified atom stereocenters. The van der Waals surface area contributed by atoms with Crippen molar-refractivity contribution >= 4 is 29.1 Å². The molecule has 1 aromatic carbocycles. The van der Waals surface area contributed by atoms with Crippen molar-refractivity contribution in [3.8, 4) is 0 Å². The second-order valence-electron chi connectivity index (χ2n) is 5.34. The quantitative estimate of drug-likeness (QED) is 0.849. The molecule has 0 fully saturated rings. The third-order valence-corrected chi connectivity index (χ3v) is 3.21. The van der Waals surface area contributed by atoms with Gasteiger partial charge in [-0.1, -0.05) is 31.5 Å². The Kier molecular flexibility index (Phi) is 5.72. The lowest BCUT2D eigenvalue weighted by Crippen LogP contribution is -2.16. The molecule has 0 aliphatic carbocycles. The molecule has 22 heavy (non-hydrogen) atoms. The zero-order valence-corrected chi connectivity index (χ0v) is 13.4. The minimum Gasteiger partial charge on any atom is -0.354 e. The summed E-state index contributed by atoms with van der Waals surface area (Å²) in [4.78, 5) is 20.5. The highest BCUT2D eigenvalue weighted by Crippen LogP contribution is 2.15. The monoisotopic (exact) mass is 318 g/mol. The molecule has 1 heterocycles. The lowest BCUT2D eigenvalue weighted by molar-refractivity contribution is 0.102. The Bertz CT molecular complexity index is 646. The van der Waals surface area contributed by atoms with Crippen LogP contribution in [0.2, 0.25) is 5.02 Å². The van der Waals surface area contributed by atoms with Crippen molar-refractivity contribution in [1.82, 2.24) is 9.97 Å². The summed E-state index contributed by atoms with van der Waals surface area (Å²) in [5, 5.41) is 6.45. The number of carbonyl (C=O) groups is 1. The van der Waals surface area contributed by atoms with Gasteiger partial charge in [0, 0.05) is 23.5 Å². The van der Waals surface area contributed by atoms with E-state index in [2.05, 4.69) is 34.4 Å². The van der Waals surface area contributed by atoms with E-state index < -0.39 is 0 Å². The molecule has 1 aromatic heterocycles. The van der Waals surface area contributed by atoms with Crippen molar-refractivity contribution in [1.29, 1.82) is 0 Å². The number of hydrogen-bond donors (Lipinski definition) is 2. The summed E-state index contributed by atoms with van der Waals surface area (Å²) in [6, 6.07) is 8.55. The first-order chi connectivity index (χ1) is 10.5. The van der Waals surface area contributed by atoms with E-state index in [0.717, 1.165) is 13.0 Å². The van der Waals surface area contributed by atoms with Crippen molar-refractivity contribution in [3.63, 3.8) is 0 Å². The van der Waals surface area contributed by atoms with Gasteiger partial charge in [-0.3, -0.25) is 4.79 Å². The van der Waals surface area contributed by atoms with E-state index in [1.807, 2.05) is 0 Å². The lowest BCUT2D eigenvalue weighted by atomic mass is 10.1. The predicted molar refractivity (Wildman–Crippen MR) is 89.4 cm³/mol. The summed E-state index contributed by atoms with van der Waals surface area (Å²) >= 11 is 5.90. The van der Waals surface area contributed by atoms with Gasteiger partial charge in [-0.05, 0) is 36.6 Å². The Balaban J connectivity index is 2.00. The SMILES string of the molecule is CC(C)CCNc1nccc(C(=O)Nc2cccc(Cl)c2)n1. The van der Waals surface area contributed by atoms with E-state index in [4.69, 9.17) is 11.6 Å². The first-order valence-corrected chi connectivity index (χ1v) is 7.56. The third kappa shape index (κ3) is 5.00. The lowest BCUT2D eigenvalue weighted by Gasteiger charge is -2.08. The highest BCUT2D eigenvalue weighted by Gasteiger charge is 2.09. The van der Waals surface area contributed by atoms with Gasteiger partial charge in [0.2, 0.25) is 5.95 Å². The summed E-state index contributed by atoms with van der Waals surface area (Å²) < 4.78 is 0. The molecule has 0 radical (unpaired) electrons. The van der Waals surface area contributed by atoms with E-state index in [1.165, 1.54) is 0 Å². The van der Waals surface area contributed by atoms with Crippen LogP contribution in [0, 0.1) is 5.92 Å². The van der Waals surface area contributed by atoms with Crippen LogP contribution in [0.5, 0.6) is 0 Å². The zero-order valence-electron chi connectivity index (χ0n) is 12.6. The third-order valence-electron chi connectivity index (χ3n) is 2.98. The maximum Gasteiger partial charge on any atom is 0.274 e. The zero-order chi connectivity index (χ0) is 15.9. The molecule has 0 saturated heterocycles. The van der Waals surface area contributed by atoms with Crippen molar-refractivity contribution in [2.75, 3.05) is 17.2 Å². The minimum absolute atomic E-state index is 0.295. The second kappa shape index (κ2) is 7.75. The van der Waals surface area contributed by atoms with E-state index in [9.17, 15) is 4.79 Å². The summed E-state index contributed by atoms with van der Waals surface area (Å²) in [5.41, 5.74) is 0.937. The summed E-state index contributed by atoms with van der Waals surface area (Å²) in [5.74, 6) is 0.762. The second-order valence-corrected chi connectivity index (χ2v) is 5.78. The first kappa shape index (κ1) is 16.2. The number of carbonyl (C=O) groups excluding carboxylic acids is 1. The molecule has 0 spiro atoms. The fourth-order valence-corrected chi connectivity index (χ4v) is 1.99. The van der Waals surface area contributed by atoms with Gasteiger partial charge in [0.1, 0.15) is 5.69 Å². The van der Waals surface area contributed by atoms with E-state index in [0.29, 0.717) is 28.3 Å². The average Bonchev–Trinajstić information content (AvgIpc) is 2.47. The molecule has 0 bridgehead atoms. The van der Waals surface area contributed by atoms with Crippen molar-refractivity contribution in [2.24, 2.45) is 5.92 Å². The number of rotatable bonds is 6. The number of nitrogens with zero attached hydrogens (tertiary/aromatic N) is 2. The van der Waals surface area contributed by atoms with E-state index in [-0.39, 0.29) is 5.91 Å². The highest BCUT2D eigenvalue weighted by atomic mass is 35.5. The molecule has 116 valence electrons. The molecule has 6 heteroatoms. The molecule has 0 saturated carbocycles. The fraction of sp³-hybridized carbons (Fsp3) is 0.312. The van der Waals surface area contributed by atoms with Crippen LogP contribution in [0.1, 0.15) is 30.8 Å². The van der Waals surface area contributed by atoms with Gasteiger partial charge >= 0.3 is 0 Å². The molecule has 1 amide bonds.